The third-order valence-electron chi connectivity index (χ3n) is 6.46. The number of hydrogen-bond donors (Lipinski definition) is 2. The molecule has 1 amide bonds. The first-order chi connectivity index (χ1) is 17.6. The number of ether oxygens (including phenoxy) is 1. The van der Waals surface area contributed by atoms with Crippen molar-refractivity contribution in [1.29, 1.82) is 0 Å². The van der Waals surface area contributed by atoms with Gasteiger partial charge in [-0.1, -0.05) is 19.4 Å². The van der Waals surface area contributed by atoms with Gasteiger partial charge >= 0.3 is 0 Å². The number of anilines is 3. The van der Waals surface area contributed by atoms with Crippen molar-refractivity contribution in [3.63, 3.8) is 0 Å². The Morgan fingerprint density at radius 3 is 2.75 bits per heavy atom. The van der Waals surface area contributed by atoms with Crippen LogP contribution in [-0.2, 0) is 4.74 Å². The summed E-state index contributed by atoms with van der Waals surface area (Å²) in [6.07, 6.45) is 7.64. The van der Waals surface area contributed by atoms with Crippen LogP contribution in [-0.4, -0.2) is 66.0 Å². The number of morpholine rings is 1. The van der Waals surface area contributed by atoms with Gasteiger partial charge in [0.25, 0.3) is 5.91 Å². The van der Waals surface area contributed by atoms with E-state index in [1.165, 1.54) is 0 Å². The van der Waals surface area contributed by atoms with Crippen molar-refractivity contribution in [3.05, 3.63) is 60.7 Å². The number of nitrogens with one attached hydrogen (secondary N) is 2. The SMILES string of the molecule is CCCCN(C)c1ccc(NC(=O)c2n[nH]c3ccc(-c4cncc(N5CCOCC5)c4)cc23)cn1. The van der Waals surface area contributed by atoms with Gasteiger partial charge in [-0.3, -0.25) is 14.9 Å². The molecule has 0 unspecified atom stereocenters. The third kappa shape index (κ3) is 5.16. The van der Waals surface area contributed by atoms with E-state index in [0.29, 0.717) is 11.4 Å². The molecule has 1 aliphatic heterocycles. The summed E-state index contributed by atoms with van der Waals surface area (Å²) in [7, 11) is 2.02. The molecular weight excluding hydrogens is 454 g/mol. The Morgan fingerprint density at radius 2 is 1.97 bits per heavy atom. The van der Waals surface area contributed by atoms with E-state index in [9.17, 15) is 4.79 Å². The maximum atomic E-state index is 13.1. The van der Waals surface area contributed by atoms with Gasteiger partial charge in [0.15, 0.2) is 5.69 Å². The number of unbranched alkanes of at least 4 members (excludes halogenated alkanes) is 1. The molecule has 1 aromatic carbocycles. The molecule has 9 heteroatoms. The van der Waals surface area contributed by atoms with Gasteiger partial charge in [-0.25, -0.2) is 4.98 Å². The first kappa shape index (κ1) is 23.7. The molecule has 36 heavy (non-hydrogen) atoms. The van der Waals surface area contributed by atoms with E-state index >= 15 is 0 Å². The zero-order valence-corrected chi connectivity index (χ0v) is 20.7. The van der Waals surface area contributed by atoms with Gasteiger partial charge in [-0.15, -0.1) is 0 Å². The predicted octanol–water partition coefficient (Wildman–Crippen LogP) is 4.35. The molecule has 5 rings (SSSR count). The minimum absolute atomic E-state index is 0.285. The monoisotopic (exact) mass is 485 g/mol. The van der Waals surface area contributed by atoms with Gasteiger partial charge in [0.1, 0.15) is 5.82 Å². The Kier molecular flexibility index (Phi) is 7.08. The summed E-state index contributed by atoms with van der Waals surface area (Å²) in [5, 5.41) is 10.9. The van der Waals surface area contributed by atoms with Crippen LogP contribution in [0, 0.1) is 0 Å². The first-order valence-corrected chi connectivity index (χ1v) is 12.4. The Balaban J connectivity index is 1.35. The average Bonchev–Trinajstić information content (AvgIpc) is 3.36. The van der Waals surface area contributed by atoms with Crippen LogP contribution >= 0.6 is 0 Å². The Labute approximate surface area is 210 Å². The van der Waals surface area contributed by atoms with Crippen molar-refractivity contribution >= 4 is 34.0 Å². The zero-order valence-electron chi connectivity index (χ0n) is 20.7. The van der Waals surface area contributed by atoms with Crippen LogP contribution in [0.25, 0.3) is 22.0 Å². The van der Waals surface area contributed by atoms with Crippen LogP contribution < -0.4 is 15.1 Å². The largest absolute Gasteiger partial charge is 0.378 e. The number of H-pyrrole nitrogens is 1. The van der Waals surface area contributed by atoms with Crippen LogP contribution in [0.15, 0.2) is 55.0 Å². The molecular formula is C27H31N7O2. The number of pyridine rings is 2. The van der Waals surface area contributed by atoms with Crippen molar-refractivity contribution in [2.75, 3.05) is 55.0 Å². The number of benzene rings is 1. The number of aromatic amines is 1. The first-order valence-electron chi connectivity index (χ1n) is 12.4. The lowest BCUT2D eigenvalue weighted by atomic mass is 10.0. The lowest BCUT2D eigenvalue weighted by Gasteiger charge is -2.28. The Bertz CT molecular complexity index is 1330. The second-order valence-corrected chi connectivity index (χ2v) is 9.00. The highest BCUT2D eigenvalue weighted by Crippen LogP contribution is 2.28. The molecule has 9 nitrogen and oxygen atoms in total. The molecule has 1 aliphatic rings. The highest BCUT2D eigenvalue weighted by Gasteiger charge is 2.17. The van der Waals surface area contributed by atoms with Gasteiger partial charge in [0.05, 0.1) is 42.5 Å². The smallest absolute Gasteiger partial charge is 0.276 e. The summed E-state index contributed by atoms with van der Waals surface area (Å²) < 4.78 is 5.47. The van der Waals surface area contributed by atoms with E-state index < -0.39 is 0 Å². The summed E-state index contributed by atoms with van der Waals surface area (Å²) in [5.74, 6) is 0.594. The fraction of sp³-hybridized carbons (Fsp3) is 0.333. The molecule has 4 aromatic rings. The van der Waals surface area contributed by atoms with Crippen molar-refractivity contribution in [2.45, 2.75) is 19.8 Å². The molecule has 2 N–H and O–H groups in total. The van der Waals surface area contributed by atoms with Crippen molar-refractivity contribution in [3.8, 4) is 11.1 Å². The quantitative estimate of drug-likeness (QED) is 0.383. The number of rotatable bonds is 8. The maximum absolute atomic E-state index is 13.1. The lowest BCUT2D eigenvalue weighted by Crippen LogP contribution is -2.36. The second kappa shape index (κ2) is 10.7. The van der Waals surface area contributed by atoms with E-state index in [2.05, 4.69) is 48.3 Å². The standard InChI is InChI=1S/C27H31N7O2/c1-3-4-9-33(2)25-8-6-21(17-29-25)30-27(35)26-23-15-19(5-7-24(23)31-32-26)20-14-22(18-28-16-20)34-10-12-36-13-11-34/h5-8,14-18H,3-4,9-13H2,1-2H3,(H,30,35)(H,31,32). The van der Waals surface area contributed by atoms with E-state index in [1.807, 2.05) is 49.8 Å². The number of carbonyl (C=O) groups is 1. The molecule has 0 radical (unpaired) electrons. The zero-order chi connectivity index (χ0) is 24.9. The number of hydrogen-bond acceptors (Lipinski definition) is 7. The number of carbonyl (C=O) groups excluding carboxylic acids is 1. The maximum Gasteiger partial charge on any atom is 0.276 e. The number of fused-ring (bicyclic) bond motifs is 1. The Hall–Kier alpha value is -3.98. The fourth-order valence-electron chi connectivity index (χ4n) is 4.33. The van der Waals surface area contributed by atoms with Gasteiger partial charge in [-0.2, -0.15) is 5.10 Å². The molecule has 186 valence electrons. The molecule has 0 bridgehead atoms. The van der Waals surface area contributed by atoms with E-state index in [0.717, 1.165) is 79.2 Å². The number of aromatic nitrogens is 4. The molecule has 4 heterocycles. The van der Waals surface area contributed by atoms with Crippen molar-refractivity contribution < 1.29 is 9.53 Å². The average molecular weight is 486 g/mol. The van der Waals surface area contributed by atoms with Crippen molar-refractivity contribution in [2.24, 2.45) is 0 Å². The minimum atomic E-state index is -0.285. The minimum Gasteiger partial charge on any atom is -0.378 e. The summed E-state index contributed by atoms with van der Waals surface area (Å²) >= 11 is 0. The van der Waals surface area contributed by atoms with E-state index in [1.54, 1.807) is 6.20 Å². The molecule has 3 aromatic heterocycles. The summed E-state index contributed by atoms with van der Waals surface area (Å²) in [6.45, 7) is 6.25. The van der Waals surface area contributed by atoms with Crippen LogP contribution in [0.3, 0.4) is 0 Å². The normalized spacial score (nSPS) is 13.7. The van der Waals surface area contributed by atoms with Gasteiger partial charge in [0.2, 0.25) is 0 Å². The van der Waals surface area contributed by atoms with Gasteiger partial charge in [-0.05, 0) is 42.3 Å². The highest BCUT2D eigenvalue weighted by molar-refractivity contribution is 6.11. The van der Waals surface area contributed by atoms with Crippen molar-refractivity contribution in [1.82, 2.24) is 20.2 Å². The third-order valence-corrected chi connectivity index (χ3v) is 6.46. The Morgan fingerprint density at radius 1 is 1.11 bits per heavy atom. The molecule has 0 spiro atoms. The molecule has 1 fully saturated rings. The molecule has 0 saturated carbocycles. The molecule has 0 aliphatic carbocycles. The van der Waals surface area contributed by atoms with Gasteiger partial charge in [0, 0.05) is 43.8 Å². The van der Waals surface area contributed by atoms with E-state index in [-0.39, 0.29) is 5.91 Å². The van der Waals surface area contributed by atoms with Crippen LogP contribution in [0.1, 0.15) is 30.3 Å². The van der Waals surface area contributed by atoms with Crippen LogP contribution in [0.4, 0.5) is 17.2 Å². The summed E-state index contributed by atoms with van der Waals surface area (Å²) in [4.78, 5) is 26.4. The van der Waals surface area contributed by atoms with E-state index in [4.69, 9.17) is 4.74 Å². The second-order valence-electron chi connectivity index (χ2n) is 9.00. The predicted molar refractivity (Wildman–Crippen MR) is 143 cm³/mol. The van der Waals surface area contributed by atoms with Crippen LogP contribution in [0.2, 0.25) is 0 Å². The fourth-order valence-corrected chi connectivity index (χ4v) is 4.33. The molecule has 1 saturated heterocycles. The summed E-state index contributed by atoms with van der Waals surface area (Å²) in [5.41, 5.74) is 4.79. The number of amides is 1. The molecule has 0 atom stereocenters. The summed E-state index contributed by atoms with van der Waals surface area (Å²) in [6, 6.07) is 11.9. The highest BCUT2D eigenvalue weighted by atomic mass is 16.5. The number of nitrogens with zero attached hydrogens (tertiary/aromatic N) is 5. The lowest BCUT2D eigenvalue weighted by molar-refractivity contribution is 0.102. The topological polar surface area (TPSA) is 99.3 Å². The van der Waals surface area contributed by atoms with Crippen LogP contribution in [0.5, 0.6) is 0 Å². The van der Waals surface area contributed by atoms with Gasteiger partial charge < -0.3 is 19.9 Å².